The van der Waals surface area contributed by atoms with Crippen molar-refractivity contribution in [2.75, 3.05) is 18.5 Å². The van der Waals surface area contributed by atoms with Gasteiger partial charge < -0.3 is 10.1 Å². The highest BCUT2D eigenvalue weighted by atomic mass is 35.5. The smallest absolute Gasteiger partial charge is 0.326 e. The average Bonchev–Trinajstić information content (AvgIpc) is 3.29. The molecule has 1 heterocycles. The summed E-state index contributed by atoms with van der Waals surface area (Å²) >= 11 is 24.4. The number of anilines is 1. The fourth-order valence-corrected chi connectivity index (χ4v) is 6.01. The molecule has 0 aromatic heterocycles. The molecule has 1 aliphatic heterocycles. The Morgan fingerprint density at radius 1 is 1.07 bits per heavy atom. The molecule has 2 saturated carbocycles. The second-order valence-corrected chi connectivity index (χ2v) is 9.45. The number of nitrogens with zero attached hydrogens (tertiary/aromatic N) is 1. The van der Waals surface area contributed by atoms with Crippen LogP contribution in [0.3, 0.4) is 0 Å². The number of hydrogen-bond donors (Lipinski definition) is 1. The number of nitrogens with one attached hydrogen (secondary N) is 1. The van der Waals surface area contributed by atoms with Gasteiger partial charge in [0.1, 0.15) is 6.54 Å². The zero-order valence-corrected chi connectivity index (χ0v) is 18.3. The van der Waals surface area contributed by atoms with Crippen LogP contribution in [0.15, 0.2) is 18.2 Å². The van der Waals surface area contributed by atoms with E-state index in [1.165, 1.54) is 12.1 Å². The number of rotatable bonds is 5. The number of alkyl halides is 2. The lowest BCUT2D eigenvalue weighted by atomic mass is 9.80. The maximum atomic E-state index is 12.7. The van der Waals surface area contributed by atoms with Crippen molar-refractivity contribution in [3.63, 3.8) is 0 Å². The molecule has 2 aliphatic carbocycles. The molecule has 4 rings (SSSR count). The van der Waals surface area contributed by atoms with Gasteiger partial charge in [-0.3, -0.25) is 24.1 Å². The minimum Gasteiger partial charge on any atom is -0.454 e. The number of likely N-dealkylation sites (tertiary alicyclic amines) is 1. The first-order valence-electron chi connectivity index (χ1n) is 9.23. The molecule has 6 atom stereocenters. The Labute approximate surface area is 191 Å². The van der Waals surface area contributed by atoms with Crippen molar-refractivity contribution < 1.29 is 23.9 Å². The highest BCUT2D eigenvalue weighted by Crippen LogP contribution is 2.59. The van der Waals surface area contributed by atoms with Gasteiger partial charge in [0.2, 0.25) is 11.8 Å². The summed E-state index contributed by atoms with van der Waals surface area (Å²) in [5.74, 6) is -3.77. The van der Waals surface area contributed by atoms with Gasteiger partial charge in [-0.15, -0.1) is 23.2 Å². The summed E-state index contributed by atoms with van der Waals surface area (Å²) in [5.41, 5.74) is 0.307. The van der Waals surface area contributed by atoms with Crippen molar-refractivity contribution in [3.05, 3.63) is 28.2 Å². The molecule has 1 N–H and O–H groups in total. The Balaban J connectivity index is 1.32. The maximum absolute atomic E-state index is 12.7. The molecule has 7 nitrogen and oxygen atoms in total. The third kappa shape index (κ3) is 3.66. The van der Waals surface area contributed by atoms with E-state index in [0.717, 1.165) is 4.90 Å². The average molecular weight is 494 g/mol. The molecule has 0 spiro atoms. The fraction of sp³-hybridized carbons (Fsp3) is 0.474. The van der Waals surface area contributed by atoms with Gasteiger partial charge in [0.25, 0.3) is 5.91 Å². The van der Waals surface area contributed by atoms with Crippen LogP contribution in [0, 0.1) is 23.7 Å². The quantitative estimate of drug-likeness (QED) is 0.386. The van der Waals surface area contributed by atoms with Gasteiger partial charge in [-0.1, -0.05) is 23.2 Å². The summed E-state index contributed by atoms with van der Waals surface area (Å²) in [4.78, 5) is 50.4. The summed E-state index contributed by atoms with van der Waals surface area (Å²) in [6.07, 6.45) is 0.640. The second kappa shape index (κ2) is 8.19. The molecule has 3 fully saturated rings. The van der Waals surface area contributed by atoms with Crippen LogP contribution in [0.1, 0.15) is 6.42 Å². The molecule has 2 bridgehead atoms. The Kier molecular flexibility index (Phi) is 5.92. The molecule has 30 heavy (non-hydrogen) atoms. The summed E-state index contributed by atoms with van der Waals surface area (Å²) in [5, 5.41) is 2.38. The molecule has 0 radical (unpaired) electrons. The Morgan fingerprint density at radius 3 is 2.23 bits per heavy atom. The molecule has 1 aromatic rings. The second-order valence-electron chi connectivity index (χ2n) is 7.60. The van der Waals surface area contributed by atoms with E-state index < -0.39 is 48.7 Å². The van der Waals surface area contributed by atoms with E-state index in [0.29, 0.717) is 17.1 Å². The van der Waals surface area contributed by atoms with E-state index in [2.05, 4.69) is 5.32 Å². The first-order valence-corrected chi connectivity index (χ1v) is 10.9. The highest BCUT2D eigenvalue weighted by molar-refractivity contribution is 6.36. The number of hydrogen-bond acceptors (Lipinski definition) is 5. The third-order valence-electron chi connectivity index (χ3n) is 5.94. The monoisotopic (exact) mass is 492 g/mol. The Hall–Kier alpha value is -1.54. The van der Waals surface area contributed by atoms with Gasteiger partial charge in [-0.25, -0.2) is 0 Å². The third-order valence-corrected chi connectivity index (χ3v) is 7.80. The van der Waals surface area contributed by atoms with Crippen LogP contribution in [0.4, 0.5) is 5.69 Å². The SMILES string of the molecule is O=C(COC(=O)CN1C(=O)[C@@H]2[C@H]3C[C@@H]([C@@H](Cl)[C@H]3Cl)[C@H]2C1=O)Nc1ccc(Cl)cc1Cl. The van der Waals surface area contributed by atoms with E-state index in [4.69, 9.17) is 51.1 Å². The summed E-state index contributed by atoms with van der Waals surface area (Å²) in [7, 11) is 0. The van der Waals surface area contributed by atoms with Crippen molar-refractivity contribution in [2.45, 2.75) is 17.2 Å². The number of carbonyl (C=O) groups is 4. The van der Waals surface area contributed by atoms with Gasteiger partial charge in [0.15, 0.2) is 6.61 Å². The maximum Gasteiger partial charge on any atom is 0.326 e. The van der Waals surface area contributed by atoms with Gasteiger partial charge >= 0.3 is 5.97 Å². The molecule has 160 valence electrons. The molecular weight excluding hydrogens is 478 g/mol. The number of carbonyl (C=O) groups excluding carboxylic acids is 4. The highest BCUT2D eigenvalue weighted by Gasteiger charge is 2.66. The number of benzene rings is 1. The molecule has 0 unspecified atom stereocenters. The Bertz CT molecular complexity index is 909. The van der Waals surface area contributed by atoms with Crippen LogP contribution < -0.4 is 5.32 Å². The van der Waals surface area contributed by atoms with Crippen LogP contribution in [0.2, 0.25) is 10.0 Å². The molecule has 1 aromatic carbocycles. The molecular formula is C19H16Cl4N2O5. The van der Waals surface area contributed by atoms with Crippen molar-refractivity contribution >= 4 is 75.8 Å². The van der Waals surface area contributed by atoms with Crippen LogP contribution in [-0.2, 0) is 23.9 Å². The lowest BCUT2D eigenvalue weighted by molar-refractivity contribution is -0.154. The number of imide groups is 1. The number of fused-ring (bicyclic) bond motifs is 5. The first-order chi connectivity index (χ1) is 14.2. The number of halogens is 4. The van der Waals surface area contributed by atoms with Crippen molar-refractivity contribution in [1.29, 1.82) is 0 Å². The van der Waals surface area contributed by atoms with Crippen molar-refractivity contribution in [3.8, 4) is 0 Å². The van der Waals surface area contributed by atoms with E-state index in [1.54, 1.807) is 6.07 Å². The number of ether oxygens (including phenoxy) is 1. The zero-order chi connectivity index (χ0) is 21.7. The van der Waals surface area contributed by atoms with E-state index in [-0.39, 0.29) is 27.6 Å². The minimum atomic E-state index is -0.869. The molecule has 3 aliphatic rings. The van der Waals surface area contributed by atoms with Crippen molar-refractivity contribution in [2.24, 2.45) is 23.7 Å². The van der Waals surface area contributed by atoms with Gasteiger partial charge in [0.05, 0.1) is 33.3 Å². The normalized spacial score (nSPS) is 31.8. The van der Waals surface area contributed by atoms with E-state index in [1.807, 2.05) is 0 Å². The minimum absolute atomic E-state index is 0.170. The van der Waals surface area contributed by atoms with E-state index in [9.17, 15) is 19.2 Å². The van der Waals surface area contributed by atoms with Crippen LogP contribution in [0.25, 0.3) is 0 Å². The largest absolute Gasteiger partial charge is 0.454 e. The molecule has 3 amide bonds. The molecule has 1 saturated heterocycles. The standard InChI is InChI=1S/C19H16Cl4N2O5/c20-7-1-2-11(10(21)3-7)24-12(26)6-30-13(27)5-25-18(28)14-8-4-9(15(14)19(25)29)17(23)16(8)22/h1-3,8-9,14-17H,4-6H2,(H,24,26)/t8-,9-,14-,15-,16-,17+/m1/s1. The number of amides is 3. The number of esters is 1. The van der Waals surface area contributed by atoms with Gasteiger partial charge in [0, 0.05) is 5.02 Å². The molecule has 11 heteroatoms. The van der Waals surface area contributed by atoms with Gasteiger partial charge in [-0.05, 0) is 36.5 Å². The predicted octanol–water partition coefficient (Wildman–Crippen LogP) is 2.94. The Morgan fingerprint density at radius 2 is 1.67 bits per heavy atom. The lowest BCUT2D eigenvalue weighted by Gasteiger charge is -2.28. The van der Waals surface area contributed by atoms with Crippen LogP contribution in [0.5, 0.6) is 0 Å². The van der Waals surface area contributed by atoms with Gasteiger partial charge in [-0.2, -0.15) is 0 Å². The van der Waals surface area contributed by atoms with Crippen LogP contribution >= 0.6 is 46.4 Å². The fourth-order valence-electron chi connectivity index (χ4n) is 4.66. The van der Waals surface area contributed by atoms with Crippen LogP contribution in [-0.4, -0.2) is 52.5 Å². The zero-order valence-electron chi connectivity index (χ0n) is 15.3. The summed E-state index contributed by atoms with van der Waals surface area (Å²) < 4.78 is 4.91. The lowest BCUT2D eigenvalue weighted by Crippen LogP contribution is -2.38. The summed E-state index contributed by atoms with van der Waals surface area (Å²) in [6, 6.07) is 4.50. The topological polar surface area (TPSA) is 92.8 Å². The summed E-state index contributed by atoms with van der Waals surface area (Å²) in [6.45, 7) is -1.15. The van der Waals surface area contributed by atoms with E-state index >= 15 is 0 Å². The van der Waals surface area contributed by atoms with Crippen molar-refractivity contribution in [1.82, 2.24) is 4.90 Å². The predicted molar refractivity (Wildman–Crippen MR) is 111 cm³/mol. The first kappa shape index (κ1) is 21.7.